The minimum absolute atomic E-state index is 0.215. The summed E-state index contributed by atoms with van der Waals surface area (Å²) in [5.74, 6) is 1.19. The van der Waals surface area contributed by atoms with E-state index in [-0.39, 0.29) is 5.76 Å². The van der Waals surface area contributed by atoms with E-state index in [0.717, 1.165) is 28.7 Å². The SMILES string of the molecule is CCOc1cc(C=NNC(=O)c2cc3ccccc3o2)cc(CC)c1OC. The van der Waals surface area contributed by atoms with Gasteiger partial charge in [-0.25, -0.2) is 5.43 Å². The van der Waals surface area contributed by atoms with Gasteiger partial charge >= 0.3 is 5.91 Å². The first-order valence-corrected chi connectivity index (χ1v) is 8.82. The molecule has 0 bridgehead atoms. The maximum Gasteiger partial charge on any atom is 0.307 e. The van der Waals surface area contributed by atoms with Crippen molar-refractivity contribution in [3.05, 3.63) is 59.4 Å². The molecule has 0 radical (unpaired) electrons. The molecule has 0 aliphatic rings. The number of hydrogen-bond acceptors (Lipinski definition) is 5. The molecule has 0 aliphatic carbocycles. The molecule has 0 saturated carbocycles. The Morgan fingerprint density at radius 2 is 2.04 bits per heavy atom. The zero-order valence-corrected chi connectivity index (χ0v) is 15.6. The van der Waals surface area contributed by atoms with Gasteiger partial charge in [0.15, 0.2) is 17.3 Å². The number of amides is 1. The van der Waals surface area contributed by atoms with Crippen LogP contribution in [0.15, 0.2) is 52.0 Å². The summed E-state index contributed by atoms with van der Waals surface area (Å²) in [6.07, 6.45) is 2.36. The summed E-state index contributed by atoms with van der Waals surface area (Å²) in [7, 11) is 1.62. The lowest BCUT2D eigenvalue weighted by atomic mass is 10.1. The van der Waals surface area contributed by atoms with E-state index in [1.54, 1.807) is 19.4 Å². The van der Waals surface area contributed by atoms with E-state index < -0.39 is 5.91 Å². The van der Waals surface area contributed by atoms with Crippen LogP contribution in [0.5, 0.6) is 11.5 Å². The molecule has 0 spiro atoms. The predicted molar refractivity (Wildman–Crippen MR) is 105 cm³/mol. The zero-order chi connectivity index (χ0) is 19.2. The van der Waals surface area contributed by atoms with Crippen molar-refractivity contribution < 1.29 is 18.7 Å². The molecule has 3 aromatic rings. The predicted octanol–water partition coefficient (Wildman–Crippen LogP) is 4.17. The quantitative estimate of drug-likeness (QED) is 0.503. The van der Waals surface area contributed by atoms with Gasteiger partial charge in [-0.05, 0) is 48.7 Å². The van der Waals surface area contributed by atoms with Crippen LogP contribution in [0.25, 0.3) is 11.0 Å². The second kappa shape index (κ2) is 8.40. The third-order valence-electron chi connectivity index (χ3n) is 4.07. The number of ether oxygens (including phenoxy) is 2. The topological polar surface area (TPSA) is 73.1 Å². The average molecular weight is 366 g/mol. The number of carbonyl (C=O) groups is 1. The van der Waals surface area contributed by atoms with Gasteiger partial charge in [-0.2, -0.15) is 5.10 Å². The highest BCUT2D eigenvalue weighted by Gasteiger charge is 2.12. The number of methoxy groups -OCH3 is 1. The van der Waals surface area contributed by atoms with E-state index in [9.17, 15) is 4.79 Å². The number of nitrogens with zero attached hydrogens (tertiary/aromatic N) is 1. The lowest BCUT2D eigenvalue weighted by Gasteiger charge is -2.14. The largest absolute Gasteiger partial charge is 0.493 e. The Kier molecular flexibility index (Phi) is 5.76. The van der Waals surface area contributed by atoms with Crippen molar-refractivity contribution >= 4 is 23.1 Å². The minimum Gasteiger partial charge on any atom is -0.493 e. The van der Waals surface area contributed by atoms with Crippen molar-refractivity contribution in [2.24, 2.45) is 5.10 Å². The normalized spacial score (nSPS) is 11.1. The van der Waals surface area contributed by atoms with Crippen LogP contribution in [0.1, 0.15) is 35.5 Å². The number of benzene rings is 2. The van der Waals surface area contributed by atoms with Crippen molar-refractivity contribution in [1.82, 2.24) is 5.43 Å². The molecule has 140 valence electrons. The lowest BCUT2D eigenvalue weighted by Crippen LogP contribution is -2.16. The Bertz CT molecular complexity index is 942. The van der Waals surface area contributed by atoms with E-state index in [2.05, 4.69) is 10.5 Å². The van der Waals surface area contributed by atoms with Gasteiger partial charge in [0.25, 0.3) is 0 Å². The summed E-state index contributed by atoms with van der Waals surface area (Å²) < 4.78 is 16.6. The molecular weight excluding hydrogens is 344 g/mol. The summed E-state index contributed by atoms with van der Waals surface area (Å²) >= 11 is 0. The number of hydrazone groups is 1. The van der Waals surface area contributed by atoms with E-state index >= 15 is 0 Å². The molecule has 0 saturated heterocycles. The second-order valence-corrected chi connectivity index (χ2v) is 5.85. The highest BCUT2D eigenvalue weighted by Crippen LogP contribution is 2.32. The van der Waals surface area contributed by atoms with Crippen LogP contribution < -0.4 is 14.9 Å². The zero-order valence-electron chi connectivity index (χ0n) is 15.6. The number of furan rings is 1. The highest BCUT2D eigenvalue weighted by atomic mass is 16.5. The lowest BCUT2D eigenvalue weighted by molar-refractivity contribution is 0.0929. The van der Waals surface area contributed by atoms with Crippen LogP contribution in [0.4, 0.5) is 0 Å². The fraction of sp³-hybridized carbons (Fsp3) is 0.238. The van der Waals surface area contributed by atoms with Crippen molar-refractivity contribution in [1.29, 1.82) is 0 Å². The first kappa shape index (κ1) is 18.5. The molecule has 1 heterocycles. The summed E-state index contributed by atoms with van der Waals surface area (Å²) in [4.78, 5) is 12.2. The highest BCUT2D eigenvalue weighted by molar-refractivity contribution is 5.96. The molecule has 6 heteroatoms. The maximum atomic E-state index is 12.2. The molecular formula is C21H22N2O4. The summed E-state index contributed by atoms with van der Waals surface area (Å²) in [5, 5.41) is 4.91. The summed E-state index contributed by atoms with van der Waals surface area (Å²) in [5.41, 5.74) is 4.97. The molecule has 0 unspecified atom stereocenters. The second-order valence-electron chi connectivity index (χ2n) is 5.85. The smallest absolute Gasteiger partial charge is 0.307 e. The van der Waals surface area contributed by atoms with Gasteiger partial charge in [0.05, 0.1) is 19.9 Å². The molecule has 1 N–H and O–H groups in total. The third kappa shape index (κ3) is 4.11. The minimum atomic E-state index is -0.406. The van der Waals surface area contributed by atoms with E-state index in [1.807, 2.05) is 50.2 Å². The van der Waals surface area contributed by atoms with Crippen LogP contribution in [0, 0.1) is 0 Å². The van der Waals surface area contributed by atoms with Crippen LogP contribution >= 0.6 is 0 Å². The van der Waals surface area contributed by atoms with Gasteiger partial charge in [0, 0.05) is 5.39 Å². The number of aryl methyl sites for hydroxylation is 1. The summed E-state index contributed by atoms with van der Waals surface area (Å²) in [6, 6.07) is 12.9. The fourth-order valence-electron chi connectivity index (χ4n) is 2.83. The molecule has 6 nitrogen and oxygen atoms in total. The van der Waals surface area contributed by atoms with E-state index in [1.165, 1.54) is 0 Å². The van der Waals surface area contributed by atoms with Crippen LogP contribution in [0.3, 0.4) is 0 Å². The van der Waals surface area contributed by atoms with Gasteiger partial charge in [-0.15, -0.1) is 0 Å². The Morgan fingerprint density at radius 3 is 2.74 bits per heavy atom. The average Bonchev–Trinajstić information content (AvgIpc) is 3.12. The Labute approximate surface area is 157 Å². The van der Waals surface area contributed by atoms with Gasteiger partial charge in [-0.3, -0.25) is 4.79 Å². The first-order valence-electron chi connectivity index (χ1n) is 8.82. The number of hydrogen-bond donors (Lipinski definition) is 1. The molecule has 0 atom stereocenters. The molecule has 2 aromatic carbocycles. The Hall–Kier alpha value is -3.28. The number of fused-ring (bicyclic) bond motifs is 1. The molecule has 3 rings (SSSR count). The monoisotopic (exact) mass is 366 g/mol. The van der Waals surface area contributed by atoms with Crippen LogP contribution in [-0.4, -0.2) is 25.8 Å². The van der Waals surface area contributed by atoms with Crippen molar-refractivity contribution in [3.8, 4) is 11.5 Å². The van der Waals surface area contributed by atoms with Crippen molar-refractivity contribution in [3.63, 3.8) is 0 Å². The molecule has 1 amide bonds. The van der Waals surface area contributed by atoms with Crippen LogP contribution in [0.2, 0.25) is 0 Å². The number of para-hydroxylation sites is 1. The maximum absolute atomic E-state index is 12.2. The van der Waals surface area contributed by atoms with Gasteiger partial charge in [-0.1, -0.05) is 25.1 Å². The van der Waals surface area contributed by atoms with Crippen molar-refractivity contribution in [2.75, 3.05) is 13.7 Å². The standard InChI is InChI=1S/C21H22N2O4/c1-4-15-10-14(11-18(26-5-2)20(15)25-3)13-22-23-21(24)19-12-16-8-6-7-9-17(16)27-19/h6-13H,4-5H2,1-3H3,(H,23,24). The number of rotatable bonds is 7. The number of nitrogens with one attached hydrogen (secondary N) is 1. The third-order valence-corrected chi connectivity index (χ3v) is 4.07. The fourth-order valence-corrected chi connectivity index (χ4v) is 2.83. The number of carbonyl (C=O) groups excluding carboxylic acids is 1. The molecule has 0 aliphatic heterocycles. The Balaban J connectivity index is 1.77. The van der Waals surface area contributed by atoms with Gasteiger partial charge in [0.1, 0.15) is 5.58 Å². The first-order chi connectivity index (χ1) is 13.2. The van der Waals surface area contributed by atoms with Crippen LogP contribution in [-0.2, 0) is 6.42 Å². The Morgan fingerprint density at radius 1 is 1.22 bits per heavy atom. The molecule has 0 fully saturated rings. The van der Waals surface area contributed by atoms with E-state index in [0.29, 0.717) is 17.9 Å². The van der Waals surface area contributed by atoms with Gasteiger partial charge in [0.2, 0.25) is 0 Å². The van der Waals surface area contributed by atoms with Crippen molar-refractivity contribution in [2.45, 2.75) is 20.3 Å². The van der Waals surface area contributed by atoms with E-state index in [4.69, 9.17) is 13.9 Å². The molecule has 1 aromatic heterocycles. The summed E-state index contributed by atoms with van der Waals surface area (Å²) in [6.45, 7) is 4.49. The van der Waals surface area contributed by atoms with Gasteiger partial charge < -0.3 is 13.9 Å². The molecule has 27 heavy (non-hydrogen) atoms.